The summed E-state index contributed by atoms with van der Waals surface area (Å²) in [7, 11) is 0. The Bertz CT molecular complexity index is 1160. The van der Waals surface area contributed by atoms with Gasteiger partial charge in [0.2, 0.25) is 17.7 Å². The van der Waals surface area contributed by atoms with Gasteiger partial charge in [0.05, 0.1) is 6.54 Å². The summed E-state index contributed by atoms with van der Waals surface area (Å²) in [5, 5.41) is 17.0. The molecule has 1 aliphatic rings. The number of carboxylic acids is 1. The summed E-state index contributed by atoms with van der Waals surface area (Å²) >= 11 is 1.53. The molecule has 3 amide bonds. The van der Waals surface area contributed by atoms with Gasteiger partial charge in [-0.25, -0.2) is 4.79 Å². The minimum Gasteiger partial charge on any atom is -0.480 e. The van der Waals surface area contributed by atoms with Crippen LogP contribution in [0.3, 0.4) is 0 Å². The predicted octanol–water partition coefficient (Wildman–Crippen LogP) is 1.42. The van der Waals surface area contributed by atoms with Crippen molar-refractivity contribution in [2.75, 3.05) is 38.2 Å². The largest absolute Gasteiger partial charge is 0.480 e. The fourth-order valence-electron chi connectivity index (χ4n) is 5.07. The quantitative estimate of drug-likeness (QED) is 0.273. The molecule has 0 spiro atoms. The van der Waals surface area contributed by atoms with Gasteiger partial charge in [0.1, 0.15) is 12.1 Å². The molecule has 0 radical (unpaired) electrons. The molecule has 11 heteroatoms. The van der Waals surface area contributed by atoms with E-state index >= 15 is 0 Å². The van der Waals surface area contributed by atoms with Crippen LogP contribution in [0, 0.1) is 0 Å². The second-order valence-corrected chi connectivity index (χ2v) is 10.8. The van der Waals surface area contributed by atoms with Gasteiger partial charge in [0.25, 0.3) is 0 Å². The maximum absolute atomic E-state index is 13.2. The normalized spacial score (nSPS) is 16.7. The van der Waals surface area contributed by atoms with Crippen LogP contribution in [0.15, 0.2) is 42.5 Å². The molecule has 1 heterocycles. The molecule has 3 atom stereocenters. The first-order chi connectivity index (χ1) is 18.7. The van der Waals surface area contributed by atoms with E-state index in [1.165, 1.54) is 18.7 Å². The molecule has 1 aliphatic heterocycles. The van der Waals surface area contributed by atoms with E-state index in [1.807, 2.05) is 53.6 Å². The first-order valence-corrected chi connectivity index (χ1v) is 14.6. The summed E-state index contributed by atoms with van der Waals surface area (Å²) in [4.78, 5) is 53.3. The Morgan fingerprint density at radius 1 is 1.13 bits per heavy atom. The molecule has 212 valence electrons. The van der Waals surface area contributed by atoms with Crippen LogP contribution in [0.4, 0.5) is 0 Å². The number of nitrogens with one attached hydrogen (secondary N) is 2. The van der Waals surface area contributed by atoms with Crippen molar-refractivity contribution >= 4 is 46.2 Å². The minimum absolute atomic E-state index is 0.00359. The van der Waals surface area contributed by atoms with Crippen LogP contribution in [-0.2, 0) is 25.7 Å². The number of nitrogens with zero attached hydrogens (tertiary/aromatic N) is 2. The maximum Gasteiger partial charge on any atom is 0.326 e. The van der Waals surface area contributed by atoms with E-state index in [9.17, 15) is 24.3 Å². The van der Waals surface area contributed by atoms with Gasteiger partial charge in [-0.05, 0) is 47.6 Å². The number of amides is 3. The number of fused-ring (bicyclic) bond motifs is 1. The van der Waals surface area contributed by atoms with Crippen molar-refractivity contribution in [3.05, 3.63) is 48.0 Å². The summed E-state index contributed by atoms with van der Waals surface area (Å²) in [6.45, 7) is 2.74. The van der Waals surface area contributed by atoms with E-state index in [2.05, 4.69) is 10.6 Å². The Labute approximate surface area is 233 Å². The van der Waals surface area contributed by atoms with Gasteiger partial charge in [-0.15, -0.1) is 0 Å². The summed E-state index contributed by atoms with van der Waals surface area (Å²) in [5.41, 5.74) is 6.82. The number of rotatable bonds is 14. The SMILES string of the molecule is CSCCC(NC(=O)CN(Cc1cccc2ccccc12)C[C@@H]1CCCN1C(=O)C(CN)NC(C)=O)C(=O)O. The van der Waals surface area contributed by atoms with Crippen molar-refractivity contribution in [3.8, 4) is 0 Å². The first kappa shape index (κ1) is 30.4. The molecule has 2 aromatic rings. The van der Waals surface area contributed by atoms with Gasteiger partial charge < -0.3 is 26.4 Å². The molecule has 2 unspecified atom stereocenters. The molecule has 1 saturated heterocycles. The summed E-state index contributed by atoms with van der Waals surface area (Å²) < 4.78 is 0. The van der Waals surface area contributed by atoms with E-state index in [0.717, 1.165) is 29.2 Å². The van der Waals surface area contributed by atoms with Gasteiger partial charge in [-0.3, -0.25) is 19.3 Å². The average molecular weight is 558 g/mol. The number of carbonyl (C=O) groups excluding carboxylic acids is 3. The molecule has 0 bridgehead atoms. The van der Waals surface area contributed by atoms with Crippen LogP contribution >= 0.6 is 11.8 Å². The number of hydrogen-bond donors (Lipinski definition) is 4. The third-order valence-corrected chi connectivity index (χ3v) is 7.57. The number of aliphatic carboxylic acids is 1. The second-order valence-electron chi connectivity index (χ2n) is 9.86. The van der Waals surface area contributed by atoms with Gasteiger partial charge >= 0.3 is 5.97 Å². The number of nitrogens with two attached hydrogens (primary N) is 1. The van der Waals surface area contributed by atoms with Gasteiger partial charge in [0.15, 0.2) is 0 Å². The zero-order valence-electron chi connectivity index (χ0n) is 22.6. The first-order valence-electron chi connectivity index (χ1n) is 13.2. The lowest BCUT2D eigenvalue weighted by molar-refractivity contribution is -0.142. The number of benzene rings is 2. The Balaban J connectivity index is 1.82. The number of carbonyl (C=O) groups is 4. The molecule has 0 saturated carbocycles. The van der Waals surface area contributed by atoms with E-state index in [4.69, 9.17) is 5.73 Å². The zero-order chi connectivity index (χ0) is 28.4. The average Bonchev–Trinajstić information content (AvgIpc) is 3.37. The van der Waals surface area contributed by atoms with Crippen LogP contribution in [0.2, 0.25) is 0 Å². The van der Waals surface area contributed by atoms with Crippen molar-refractivity contribution < 1.29 is 24.3 Å². The molecule has 10 nitrogen and oxygen atoms in total. The highest BCUT2D eigenvalue weighted by molar-refractivity contribution is 7.98. The lowest BCUT2D eigenvalue weighted by atomic mass is 10.0. The molecule has 39 heavy (non-hydrogen) atoms. The molecular weight excluding hydrogens is 518 g/mol. The molecule has 2 aromatic carbocycles. The van der Waals surface area contributed by atoms with Crippen molar-refractivity contribution in [2.45, 2.75) is 50.9 Å². The van der Waals surface area contributed by atoms with Crippen molar-refractivity contribution in [1.82, 2.24) is 20.4 Å². The van der Waals surface area contributed by atoms with Gasteiger partial charge in [0, 0.05) is 39.1 Å². The maximum atomic E-state index is 13.2. The lowest BCUT2D eigenvalue weighted by Crippen LogP contribution is -2.55. The fraction of sp³-hybridized carbons (Fsp3) is 0.500. The number of thioether (sulfide) groups is 1. The fourth-order valence-corrected chi connectivity index (χ4v) is 5.54. The number of hydrogen-bond acceptors (Lipinski definition) is 7. The Kier molecular flexibility index (Phi) is 11.6. The van der Waals surface area contributed by atoms with Crippen LogP contribution in [0.1, 0.15) is 31.7 Å². The summed E-state index contributed by atoms with van der Waals surface area (Å²) in [6.07, 6.45) is 3.78. The molecule has 0 aromatic heterocycles. The number of carboxylic acid groups (broad SMARTS) is 1. The van der Waals surface area contributed by atoms with Crippen LogP contribution in [-0.4, -0.2) is 94.9 Å². The van der Waals surface area contributed by atoms with Crippen molar-refractivity contribution in [1.29, 1.82) is 0 Å². The lowest BCUT2D eigenvalue weighted by Gasteiger charge is -2.33. The third-order valence-electron chi connectivity index (χ3n) is 6.93. The molecule has 5 N–H and O–H groups in total. The molecule has 0 aliphatic carbocycles. The zero-order valence-corrected chi connectivity index (χ0v) is 23.4. The highest BCUT2D eigenvalue weighted by Gasteiger charge is 2.34. The molecular formula is C28H39N5O5S. The Morgan fingerprint density at radius 3 is 2.56 bits per heavy atom. The van der Waals surface area contributed by atoms with Crippen molar-refractivity contribution in [3.63, 3.8) is 0 Å². The summed E-state index contributed by atoms with van der Waals surface area (Å²) in [6, 6.07) is 12.1. The van der Waals surface area contributed by atoms with Gasteiger partial charge in [-0.1, -0.05) is 42.5 Å². The van der Waals surface area contributed by atoms with E-state index < -0.39 is 18.1 Å². The predicted molar refractivity (Wildman–Crippen MR) is 153 cm³/mol. The number of likely N-dealkylation sites (tertiary alicyclic amines) is 1. The monoisotopic (exact) mass is 557 g/mol. The van der Waals surface area contributed by atoms with E-state index in [-0.39, 0.29) is 36.9 Å². The highest BCUT2D eigenvalue weighted by Crippen LogP contribution is 2.23. The van der Waals surface area contributed by atoms with E-state index in [1.54, 1.807) is 4.90 Å². The van der Waals surface area contributed by atoms with Crippen LogP contribution < -0.4 is 16.4 Å². The third kappa shape index (κ3) is 8.67. The van der Waals surface area contributed by atoms with Gasteiger partial charge in [-0.2, -0.15) is 11.8 Å². The highest BCUT2D eigenvalue weighted by atomic mass is 32.2. The molecule has 1 fully saturated rings. The minimum atomic E-state index is -1.06. The van der Waals surface area contributed by atoms with Crippen molar-refractivity contribution in [2.24, 2.45) is 5.73 Å². The Morgan fingerprint density at radius 2 is 1.87 bits per heavy atom. The smallest absolute Gasteiger partial charge is 0.326 e. The van der Waals surface area contributed by atoms with E-state index in [0.29, 0.717) is 31.8 Å². The summed E-state index contributed by atoms with van der Waals surface area (Å²) in [5.74, 6) is -1.37. The van der Waals surface area contributed by atoms with Crippen LogP contribution in [0.5, 0.6) is 0 Å². The Hall–Kier alpha value is -3.15. The standard InChI is InChI=1S/C28H39N5O5S/c1-19(34)30-25(15-29)27(36)33-13-6-10-22(33)17-32(18-26(35)31-24(28(37)38)12-14-39-2)16-21-9-5-8-20-7-3-4-11-23(20)21/h3-5,7-9,11,22,24-25H,6,10,12-18,29H2,1-2H3,(H,30,34)(H,31,35)(H,37,38)/t22-,24?,25?/m0/s1. The molecule has 3 rings (SSSR count). The second kappa shape index (κ2) is 14.9. The van der Waals surface area contributed by atoms with Crippen LogP contribution in [0.25, 0.3) is 10.8 Å². The topological polar surface area (TPSA) is 145 Å².